The number of hydrogen-bond acceptors (Lipinski definition) is 6. The molecule has 126 valence electrons. The van der Waals surface area contributed by atoms with Crippen molar-refractivity contribution in [3.8, 4) is 0 Å². The fraction of sp³-hybridized carbons (Fsp3) is 0.455. The summed E-state index contributed by atoms with van der Waals surface area (Å²) in [5.74, 6) is 0. The van der Waals surface area contributed by atoms with Crippen LogP contribution in [-0.2, 0) is 29.0 Å². The summed E-state index contributed by atoms with van der Waals surface area (Å²) >= 11 is 6.19. The lowest BCUT2D eigenvalue weighted by Gasteiger charge is -2.17. The van der Waals surface area contributed by atoms with E-state index >= 15 is 0 Å². The van der Waals surface area contributed by atoms with Gasteiger partial charge in [0.15, 0.2) is 0 Å². The number of alkyl halides is 1. The molecule has 0 radical (unpaired) electrons. The van der Waals surface area contributed by atoms with Crippen LogP contribution in [0.3, 0.4) is 0 Å². The SMILES string of the molecule is NS(=O)(=O)OCC(CCC(Cl)c1ccccc1)OS(N)(=O)=O. The first-order chi connectivity index (χ1) is 10.1. The van der Waals surface area contributed by atoms with Gasteiger partial charge in [0.1, 0.15) is 6.10 Å². The Morgan fingerprint density at radius 3 is 2.09 bits per heavy atom. The average Bonchev–Trinajstić information content (AvgIpc) is 2.40. The molecule has 1 aromatic carbocycles. The molecule has 0 saturated heterocycles. The fourth-order valence-electron chi connectivity index (χ4n) is 1.68. The Hall–Kier alpha value is -0.750. The van der Waals surface area contributed by atoms with Gasteiger partial charge in [-0.2, -0.15) is 16.8 Å². The smallest absolute Gasteiger partial charge is 0.255 e. The van der Waals surface area contributed by atoms with E-state index in [9.17, 15) is 16.8 Å². The van der Waals surface area contributed by atoms with Crippen LogP contribution in [-0.4, -0.2) is 29.5 Å². The molecule has 4 N–H and O–H groups in total. The predicted molar refractivity (Wildman–Crippen MR) is 81.3 cm³/mol. The van der Waals surface area contributed by atoms with Crippen molar-refractivity contribution in [2.24, 2.45) is 10.3 Å². The third-order valence-electron chi connectivity index (χ3n) is 2.59. The highest BCUT2D eigenvalue weighted by Crippen LogP contribution is 2.26. The van der Waals surface area contributed by atoms with Crippen molar-refractivity contribution in [2.45, 2.75) is 24.3 Å². The molecule has 0 aliphatic rings. The molecule has 0 fully saturated rings. The molecule has 0 heterocycles. The van der Waals surface area contributed by atoms with E-state index in [4.69, 9.17) is 16.7 Å². The molecule has 0 aliphatic carbocycles. The van der Waals surface area contributed by atoms with Crippen molar-refractivity contribution >= 4 is 32.2 Å². The minimum absolute atomic E-state index is 0.106. The van der Waals surface area contributed by atoms with Crippen LogP contribution in [0.15, 0.2) is 30.3 Å². The molecule has 0 spiro atoms. The zero-order valence-electron chi connectivity index (χ0n) is 11.5. The number of nitrogens with two attached hydrogens (primary N) is 2. The molecular weight excluding hydrogens is 356 g/mol. The third kappa shape index (κ3) is 8.63. The topological polar surface area (TPSA) is 139 Å². The molecule has 0 saturated carbocycles. The summed E-state index contributed by atoms with van der Waals surface area (Å²) in [6.07, 6.45) is -0.687. The Morgan fingerprint density at radius 1 is 1.00 bits per heavy atom. The fourth-order valence-corrected chi connectivity index (χ4v) is 2.82. The first-order valence-electron chi connectivity index (χ1n) is 6.14. The van der Waals surface area contributed by atoms with Gasteiger partial charge in [-0.15, -0.1) is 11.6 Å². The van der Waals surface area contributed by atoms with Gasteiger partial charge in [0.05, 0.1) is 12.0 Å². The minimum Gasteiger partial charge on any atom is -0.255 e. The quantitative estimate of drug-likeness (QED) is 0.607. The van der Waals surface area contributed by atoms with Crippen LogP contribution in [0.4, 0.5) is 0 Å². The van der Waals surface area contributed by atoms with E-state index in [1.54, 1.807) is 0 Å². The highest BCUT2D eigenvalue weighted by molar-refractivity contribution is 7.84. The Kier molecular flexibility index (Phi) is 7.19. The van der Waals surface area contributed by atoms with Gasteiger partial charge in [0, 0.05) is 0 Å². The normalized spacial score (nSPS) is 15.4. The van der Waals surface area contributed by atoms with E-state index in [0.29, 0.717) is 6.42 Å². The number of halogens is 1. The summed E-state index contributed by atoms with van der Waals surface area (Å²) in [7, 11) is -8.48. The minimum atomic E-state index is -4.26. The van der Waals surface area contributed by atoms with Crippen molar-refractivity contribution < 1.29 is 25.2 Å². The van der Waals surface area contributed by atoms with Crippen molar-refractivity contribution in [2.75, 3.05) is 6.61 Å². The van der Waals surface area contributed by atoms with Gasteiger partial charge in [-0.25, -0.2) is 10.3 Å². The highest BCUT2D eigenvalue weighted by Gasteiger charge is 2.21. The van der Waals surface area contributed by atoms with Gasteiger partial charge >= 0.3 is 20.6 Å². The summed E-state index contributed by atoms with van der Waals surface area (Å²) in [6.45, 7) is -0.576. The highest BCUT2D eigenvalue weighted by atomic mass is 35.5. The molecule has 2 atom stereocenters. The van der Waals surface area contributed by atoms with Crippen LogP contribution in [0.5, 0.6) is 0 Å². The second-order valence-electron chi connectivity index (χ2n) is 4.44. The number of rotatable bonds is 9. The molecular formula is C11H17ClN2O6S2. The van der Waals surface area contributed by atoms with Crippen molar-refractivity contribution in [1.29, 1.82) is 0 Å². The van der Waals surface area contributed by atoms with Crippen LogP contribution in [0.1, 0.15) is 23.8 Å². The largest absolute Gasteiger partial charge is 0.333 e. The van der Waals surface area contributed by atoms with E-state index in [1.807, 2.05) is 30.3 Å². The molecule has 22 heavy (non-hydrogen) atoms. The summed E-state index contributed by atoms with van der Waals surface area (Å²) in [6, 6.07) is 9.09. The van der Waals surface area contributed by atoms with Gasteiger partial charge in [-0.3, -0.25) is 8.37 Å². The van der Waals surface area contributed by atoms with E-state index in [2.05, 4.69) is 13.5 Å². The van der Waals surface area contributed by atoms with Crippen LogP contribution in [0.25, 0.3) is 0 Å². The predicted octanol–water partition coefficient (Wildman–Crippen LogP) is 0.556. The Bertz CT molecular complexity index is 665. The summed E-state index contributed by atoms with van der Waals surface area (Å²) in [5.41, 5.74) is 0.839. The lowest BCUT2D eigenvalue weighted by atomic mass is 10.1. The molecule has 0 aromatic heterocycles. The van der Waals surface area contributed by atoms with Gasteiger partial charge in [-0.1, -0.05) is 30.3 Å². The lowest BCUT2D eigenvalue weighted by Crippen LogP contribution is -2.30. The maximum atomic E-state index is 11.0. The summed E-state index contributed by atoms with van der Waals surface area (Å²) < 4.78 is 52.3. The lowest BCUT2D eigenvalue weighted by molar-refractivity contribution is 0.128. The molecule has 1 rings (SSSR count). The molecule has 11 heteroatoms. The van der Waals surface area contributed by atoms with E-state index in [-0.39, 0.29) is 6.42 Å². The standard InChI is InChI=1S/C11H17ClN2O6S2/c12-11(9-4-2-1-3-5-9)7-6-10(20-22(14,17)18)8-19-21(13,15)16/h1-5,10-11H,6-8H2,(H2,13,15,16)(H2,14,17,18). The van der Waals surface area contributed by atoms with Gasteiger partial charge < -0.3 is 0 Å². The first kappa shape index (κ1) is 19.3. The Morgan fingerprint density at radius 2 is 1.59 bits per heavy atom. The molecule has 0 amide bonds. The number of hydrogen-bond donors (Lipinski definition) is 2. The maximum absolute atomic E-state index is 11.0. The van der Waals surface area contributed by atoms with Crippen LogP contribution in [0.2, 0.25) is 0 Å². The monoisotopic (exact) mass is 372 g/mol. The maximum Gasteiger partial charge on any atom is 0.333 e. The second kappa shape index (κ2) is 8.20. The third-order valence-corrected chi connectivity index (χ3v) is 4.07. The van der Waals surface area contributed by atoms with Crippen LogP contribution >= 0.6 is 11.6 Å². The van der Waals surface area contributed by atoms with Gasteiger partial charge in [0.2, 0.25) is 0 Å². The van der Waals surface area contributed by atoms with Crippen LogP contribution < -0.4 is 10.3 Å². The number of benzene rings is 1. The van der Waals surface area contributed by atoms with Crippen molar-refractivity contribution in [1.82, 2.24) is 0 Å². The van der Waals surface area contributed by atoms with E-state index in [1.165, 1.54) is 0 Å². The molecule has 2 unspecified atom stereocenters. The van der Waals surface area contributed by atoms with Crippen molar-refractivity contribution in [3.05, 3.63) is 35.9 Å². The Balaban J connectivity index is 2.64. The van der Waals surface area contributed by atoms with Crippen molar-refractivity contribution in [3.63, 3.8) is 0 Å². The summed E-state index contributed by atoms with van der Waals surface area (Å²) in [5, 5.41) is 9.06. The van der Waals surface area contributed by atoms with E-state index in [0.717, 1.165) is 5.56 Å². The zero-order valence-corrected chi connectivity index (χ0v) is 13.9. The van der Waals surface area contributed by atoms with Gasteiger partial charge in [-0.05, 0) is 18.4 Å². The molecule has 0 aliphatic heterocycles. The molecule has 8 nitrogen and oxygen atoms in total. The van der Waals surface area contributed by atoms with E-state index < -0.39 is 38.7 Å². The van der Waals surface area contributed by atoms with Gasteiger partial charge in [0.25, 0.3) is 0 Å². The second-order valence-corrected chi connectivity index (χ2v) is 7.37. The average molecular weight is 373 g/mol. The van der Waals surface area contributed by atoms with Crippen LogP contribution in [0, 0.1) is 0 Å². The Labute approximate surface area is 134 Å². The summed E-state index contributed by atoms with van der Waals surface area (Å²) in [4.78, 5) is 0. The molecule has 0 bridgehead atoms. The molecule has 1 aromatic rings. The zero-order chi connectivity index (χ0) is 16.8. The first-order valence-corrected chi connectivity index (χ1v) is 9.52.